The van der Waals surface area contributed by atoms with Gasteiger partial charge in [-0.15, -0.1) is 10.5 Å². The quantitative estimate of drug-likeness (QED) is 0.581. The average molecular weight is 366 g/mol. The summed E-state index contributed by atoms with van der Waals surface area (Å²) < 4.78 is 9.94. The van der Waals surface area contributed by atoms with Gasteiger partial charge in [-0.2, -0.15) is 0 Å². The zero-order chi connectivity index (χ0) is 19.1. The maximum absolute atomic E-state index is 8.77. The zero-order valence-electron chi connectivity index (χ0n) is 15.2. The minimum Gasteiger partial charge on any atom is -0.388 e. The Morgan fingerprint density at radius 2 is 1.29 bits per heavy atom. The molecule has 4 atom stereocenters. The van der Waals surface area contributed by atoms with Crippen LogP contribution in [-0.4, -0.2) is 0 Å². The maximum Gasteiger partial charge on any atom is 0.292 e. The first kappa shape index (κ1) is 16.7. The predicted molar refractivity (Wildman–Crippen MR) is 103 cm³/mol. The van der Waals surface area contributed by atoms with Crippen molar-refractivity contribution in [3.8, 4) is 24.0 Å². The van der Waals surface area contributed by atoms with Crippen LogP contribution < -0.4 is 9.47 Å². The molecule has 0 radical (unpaired) electrons. The Hall–Kier alpha value is -3.50. The van der Waals surface area contributed by atoms with Crippen LogP contribution in [0.25, 0.3) is 0 Å². The third kappa shape index (κ3) is 2.28. The van der Waals surface area contributed by atoms with E-state index in [0.717, 1.165) is 0 Å². The third-order valence-electron chi connectivity index (χ3n) is 6.62. The van der Waals surface area contributed by atoms with Crippen LogP contribution in [0, 0.1) is 46.7 Å². The first-order chi connectivity index (χ1) is 13.8. The van der Waals surface area contributed by atoms with Crippen LogP contribution in [0.15, 0.2) is 72.8 Å². The van der Waals surface area contributed by atoms with Gasteiger partial charge < -0.3 is 9.47 Å². The Bertz CT molecular complexity index is 978. The Morgan fingerprint density at radius 3 is 1.82 bits per heavy atom. The van der Waals surface area contributed by atoms with Gasteiger partial charge in [0.15, 0.2) is 0 Å². The number of nitrogens with zero attached hydrogens (tertiary/aromatic N) is 2. The van der Waals surface area contributed by atoms with Crippen LogP contribution in [-0.2, 0) is 5.41 Å². The minimum atomic E-state index is -0.245. The average Bonchev–Trinajstić information content (AvgIpc) is 3.43. The number of ether oxygens (including phenoxy) is 2. The highest BCUT2D eigenvalue weighted by atomic mass is 16.5. The van der Waals surface area contributed by atoms with E-state index in [1.807, 2.05) is 24.3 Å². The van der Waals surface area contributed by atoms with Gasteiger partial charge in [0, 0.05) is 5.41 Å². The fourth-order valence-electron chi connectivity index (χ4n) is 5.58. The maximum atomic E-state index is 8.77. The lowest BCUT2D eigenvalue weighted by Gasteiger charge is -2.40. The molecule has 2 bridgehead atoms. The number of rotatable bonds is 4. The minimum absolute atomic E-state index is 0.245. The first-order valence-electron chi connectivity index (χ1n) is 9.47. The molecule has 28 heavy (non-hydrogen) atoms. The SMILES string of the molecule is N#COc1ccc(C2(c3ccc(OC#N)cc3)C=CC3C4C=CC(C4)C32)cc1. The molecule has 4 heteroatoms. The number of fused-ring (bicyclic) bond motifs is 5. The van der Waals surface area contributed by atoms with Crippen molar-refractivity contribution in [2.75, 3.05) is 0 Å². The Kier molecular flexibility index (Phi) is 3.74. The van der Waals surface area contributed by atoms with E-state index in [1.165, 1.54) is 17.5 Å². The fourth-order valence-corrected chi connectivity index (χ4v) is 5.58. The molecule has 0 N–H and O–H groups in total. The lowest BCUT2D eigenvalue weighted by molar-refractivity contribution is 0.300. The van der Waals surface area contributed by atoms with Gasteiger partial charge in [0.25, 0.3) is 12.5 Å². The lowest BCUT2D eigenvalue weighted by atomic mass is 9.63. The van der Waals surface area contributed by atoms with Crippen LogP contribution in [0.1, 0.15) is 17.5 Å². The molecule has 2 aromatic rings. The number of allylic oxidation sites excluding steroid dienone is 4. The molecule has 0 saturated heterocycles. The van der Waals surface area contributed by atoms with E-state index in [1.54, 1.807) is 12.5 Å². The summed E-state index contributed by atoms with van der Waals surface area (Å²) in [6.45, 7) is 0. The van der Waals surface area contributed by atoms with Crippen molar-refractivity contribution in [1.29, 1.82) is 10.5 Å². The third-order valence-corrected chi connectivity index (χ3v) is 6.62. The van der Waals surface area contributed by atoms with E-state index in [-0.39, 0.29) is 5.41 Å². The van der Waals surface area contributed by atoms with E-state index in [2.05, 4.69) is 48.6 Å². The molecule has 1 fully saturated rings. The van der Waals surface area contributed by atoms with Gasteiger partial charge in [0.1, 0.15) is 11.5 Å². The summed E-state index contributed by atoms with van der Waals surface area (Å²) in [5, 5.41) is 17.5. The zero-order valence-corrected chi connectivity index (χ0v) is 15.2. The van der Waals surface area contributed by atoms with Crippen molar-refractivity contribution >= 4 is 0 Å². The summed E-state index contributed by atoms with van der Waals surface area (Å²) in [5.41, 5.74) is 2.14. The summed E-state index contributed by atoms with van der Waals surface area (Å²) in [7, 11) is 0. The summed E-state index contributed by atoms with van der Waals surface area (Å²) in [6.07, 6.45) is 14.2. The smallest absolute Gasteiger partial charge is 0.292 e. The molecule has 5 rings (SSSR count). The van der Waals surface area contributed by atoms with Gasteiger partial charge in [-0.3, -0.25) is 0 Å². The second-order valence-electron chi connectivity index (χ2n) is 7.72. The van der Waals surface area contributed by atoms with Crippen LogP contribution in [0.3, 0.4) is 0 Å². The molecule has 3 aliphatic carbocycles. The second-order valence-corrected chi connectivity index (χ2v) is 7.72. The predicted octanol–water partition coefficient (Wildman–Crippen LogP) is 4.70. The molecule has 2 aromatic carbocycles. The number of hydrogen-bond acceptors (Lipinski definition) is 4. The monoisotopic (exact) mass is 366 g/mol. The largest absolute Gasteiger partial charge is 0.388 e. The van der Waals surface area contributed by atoms with Crippen molar-refractivity contribution in [1.82, 2.24) is 0 Å². The van der Waals surface area contributed by atoms with Crippen molar-refractivity contribution in [2.24, 2.45) is 23.7 Å². The molecule has 0 aliphatic heterocycles. The van der Waals surface area contributed by atoms with E-state index in [4.69, 9.17) is 20.0 Å². The Labute approximate surface area is 163 Å². The van der Waals surface area contributed by atoms with Crippen LogP contribution in [0.4, 0.5) is 0 Å². The Balaban J connectivity index is 1.63. The molecule has 0 heterocycles. The second kappa shape index (κ2) is 6.29. The number of hydrogen-bond donors (Lipinski definition) is 0. The molecule has 3 aliphatic rings. The van der Waals surface area contributed by atoms with Crippen molar-refractivity contribution < 1.29 is 9.47 Å². The van der Waals surface area contributed by atoms with Gasteiger partial charge >= 0.3 is 0 Å². The fraction of sp³-hybridized carbons (Fsp3) is 0.250. The molecule has 136 valence electrons. The van der Waals surface area contributed by atoms with Gasteiger partial charge in [-0.25, -0.2) is 0 Å². The molecule has 0 amide bonds. The first-order valence-corrected chi connectivity index (χ1v) is 9.47. The summed E-state index contributed by atoms with van der Waals surface area (Å²) in [4.78, 5) is 0. The highest BCUT2D eigenvalue weighted by Crippen LogP contribution is 2.62. The van der Waals surface area contributed by atoms with Crippen LogP contribution >= 0.6 is 0 Å². The van der Waals surface area contributed by atoms with Crippen molar-refractivity contribution in [2.45, 2.75) is 11.8 Å². The molecule has 1 saturated carbocycles. The van der Waals surface area contributed by atoms with E-state index >= 15 is 0 Å². The molecule has 4 unspecified atom stereocenters. The summed E-state index contributed by atoms with van der Waals surface area (Å²) in [5.74, 6) is 3.27. The molecular weight excluding hydrogens is 348 g/mol. The molecule has 4 nitrogen and oxygen atoms in total. The number of benzene rings is 2. The van der Waals surface area contributed by atoms with Gasteiger partial charge in [-0.1, -0.05) is 48.6 Å². The highest BCUT2D eigenvalue weighted by molar-refractivity contribution is 5.53. The van der Waals surface area contributed by atoms with Gasteiger partial charge in [-0.05, 0) is 65.5 Å². The standard InChI is InChI=1S/C24H18N2O2/c25-14-27-20-7-3-18(4-8-20)24(19-5-9-21(10-6-19)28-15-26)12-11-22-16-1-2-17(13-16)23(22)24/h1-12,16-17,22-23H,13H2. The molecule has 0 spiro atoms. The summed E-state index contributed by atoms with van der Waals surface area (Å²) >= 11 is 0. The number of nitriles is 2. The van der Waals surface area contributed by atoms with Crippen molar-refractivity contribution in [3.63, 3.8) is 0 Å². The van der Waals surface area contributed by atoms with E-state index in [9.17, 15) is 0 Å². The van der Waals surface area contributed by atoms with E-state index < -0.39 is 0 Å². The van der Waals surface area contributed by atoms with Crippen LogP contribution in [0.5, 0.6) is 11.5 Å². The van der Waals surface area contributed by atoms with Gasteiger partial charge in [0.05, 0.1) is 0 Å². The normalized spacial score (nSPS) is 27.8. The van der Waals surface area contributed by atoms with E-state index in [0.29, 0.717) is 35.2 Å². The molecule has 0 aromatic heterocycles. The van der Waals surface area contributed by atoms with Crippen LogP contribution in [0.2, 0.25) is 0 Å². The Morgan fingerprint density at radius 1 is 0.750 bits per heavy atom. The summed E-state index contributed by atoms with van der Waals surface area (Å²) in [6, 6.07) is 15.7. The lowest BCUT2D eigenvalue weighted by Crippen LogP contribution is -2.37. The molecular formula is C24H18N2O2. The van der Waals surface area contributed by atoms with Gasteiger partial charge in [0.2, 0.25) is 0 Å². The van der Waals surface area contributed by atoms with Crippen molar-refractivity contribution in [3.05, 3.63) is 84.0 Å². The highest BCUT2D eigenvalue weighted by Gasteiger charge is 2.57. The topological polar surface area (TPSA) is 66.0 Å².